The molecular formula is C10H11NO3S. The summed E-state index contributed by atoms with van der Waals surface area (Å²) in [5.74, 6) is -0.599. The van der Waals surface area contributed by atoms with Gasteiger partial charge in [-0.15, -0.1) is 0 Å². The first-order valence-electron chi connectivity index (χ1n) is 4.19. The van der Waals surface area contributed by atoms with E-state index >= 15 is 0 Å². The number of hydrogen-bond acceptors (Lipinski definition) is 3. The molecule has 4 nitrogen and oxygen atoms in total. The lowest BCUT2D eigenvalue weighted by Crippen LogP contribution is -2.14. The summed E-state index contributed by atoms with van der Waals surface area (Å²) >= 11 is 0. The van der Waals surface area contributed by atoms with Crippen molar-refractivity contribution in [1.82, 2.24) is 5.48 Å². The molecule has 0 radical (unpaired) electrons. The van der Waals surface area contributed by atoms with Crippen LogP contribution in [0.25, 0.3) is 6.08 Å². The van der Waals surface area contributed by atoms with Crippen LogP contribution in [0.2, 0.25) is 0 Å². The first-order valence-corrected chi connectivity index (χ1v) is 5.75. The summed E-state index contributed by atoms with van der Waals surface area (Å²) < 4.78 is 11.2. The Morgan fingerprint density at radius 3 is 2.87 bits per heavy atom. The predicted octanol–water partition coefficient (Wildman–Crippen LogP) is 0.943. The van der Waals surface area contributed by atoms with Gasteiger partial charge in [0.25, 0.3) is 5.91 Å². The van der Waals surface area contributed by atoms with Gasteiger partial charge in [0.15, 0.2) is 0 Å². The van der Waals surface area contributed by atoms with E-state index in [0.29, 0.717) is 4.90 Å². The first kappa shape index (κ1) is 11.6. The van der Waals surface area contributed by atoms with Crippen molar-refractivity contribution in [1.29, 1.82) is 0 Å². The first-order chi connectivity index (χ1) is 7.13. The molecule has 1 rings (SSSR count). The Hall–Kier alpha value is -1.46. The lowest BCUT2D eigenvalue weighted by Gasteiger charge is -1.97. The largest absolute Gasteiger partial charge is 0.288 e. The number of carbonyl (C=O) groups excluding carboxylic acids is 1. The molecule has 0 bridgehead atoms. The molecule has 0 aromatic heterocycles. The summed E-state index contributed by atoms with van der Waals surface area (Å²) in [5, 5.41) is 8.26. The van der Waals surface area contributed by atoms with Crippen LogP contribution < -0.4 is 5.48 Å². The van der Waals surface area contributed by atoms with E-state index in [4.69, 9.17) is 5.21 Å². The highest BCUT2D eigenvalue weighted by Gasteiger charge is 1.97. The second-order valence-electron chi connectivity index (χ2n) is 2.84. The van der Waals surface area contributed by atoms with Gasteiger partial charge in [0.05, 0.1) is 0 Å². The highest BCUT2D eigenvalue weighted by Crippen LogP contribution is 2.09. The fourth-order valence-electron chi connectivity index (χ4n) is 1.01. The summed E-state index contributed by atoms with van der Waals surface area (Å²) in [4.78, 5) is 11.4. The van der Waals surface area contributed by atoms with Gasteiger partial charge >= 0.3 is 0 Å². The molecule has 0 aliphatic heterocycles. The molecule has 0 heterocycles. The topological polar surface area (TPSA) is 66.4 Å². The van der Waals surface area contributed by atoms with E-state index in [1.165, 1.54) is 17.6 Å². The number of hydroxylamine groups is 1. The van der Waals surface area contributed by atoms with Crippen molar-refractivity contribution in [2.24, 2.45) is 0 Å². The smallest absolute Gasteiger partial charge is 0.267 e. The summed E-state index contributed by atoms with van der Waals surface area (Å²) in [6.07, 6.45) is 4.31. The predicted molar refractivity (Wildman–Crippen MR) is 57.7 cm³/mol. The minimum atomic E-state index is -1.04. The van der Waals surface area contributed by atoms with Crippen molar-refractivity contribution in [3.63, 3.8) is 0 Å². The number of rotatable bonds is 3. The molecule has 2 N–H and O–H groups in total. The molecule has 0 spiro atoms. The Morgan fingerprint density at radius 2 is 2.27 bits per heavy atom. The summed E-state index contributed by atoms with van der Waals surface area (Å²) in [7, 11) is -1.04. The standard InChI is InChI=1S/C10H11NO3S/c1-15(14)9-4-2-3-8(7-9)5-6-10(12)11-13/h2-7,13H,1H3,(H,11,12)/b6-5+. The van der Waals surface area contributed by atoms with E-state index in [1.807, 2.05) is 0 Å². The third kappa shape index (κ3) is 3.65. The lowest BCUT2D eigenvalue weighted by atomic mass is 10.2. The summed E-state index contributed by atoms with van der Waals surface area (Å²) in [5.41, 5.74) is 2.24. The average molecular weight is 225 g/mol. The third-order valence-electron chi connectivity index (χ3n) is 1.73. The molecule has 0 saturated carbocycles. The van der Waals surface area contributed by atoms with Crippen LogP contribution in [0, 0.1) is 0 Å². The van der Waals surface area contributed by atoms with Gasteiger partial charge in [-0.3, -0.25) is 14.2 Å². The maximum atomic E-state index is 11.2. The van der Waals surface area contributed by atoms with Gasteiger partial charge in [-0.1, -0.05) is 12.1 Å². The molecule has 80 valence electrons. The minimum Gasteiger partial charge on any atom is -0.288 e. The zero-order valence-corrected chi connectivity index (χ0v) is 8.95. The number of hydrogen-bond donors (Lipinski definition) is 2. The van der Waals surface area contributed by atoms with Gasteiger partial charge in [0.1, 0.15) is 0 Å². The van der Waals surface area contributed by atoms with Crippen LogP contribution in [0.15, 0.2) is 35.2 Å². The monoisotopic (exact) mass is 225 g/mol. The molecule has 0 aliphatic carbocycles. The van der Waals surface area contributed by atoms with Gasteiger partial charge in [0, 0.05) is 28.0 Å². The van der Waals surface area contributed by atoms with Crippen molar-refractivity contribution in [2.75, 3.05) is 6.26 Å². The summed E-state index contributed by atoms with van der Waals surface area (Å²) in [6.45, 7) is 0. The van der Waals surface area contributed by atoms with Crippen LogP contribution in [0.3, 0.4) is 0 Å². The summed E-state index contributed by atoms with van der Waals surface area (Å²) in [6, 6.07) is 7.00. The highest BCUT2D eigenvalue weighted by molar-refractivity contribution is 7.84. The quantitative estimate of drug-likeness (QED) is 0.457. The van der Waals surface area contributed by atoms with Crippen LogP contribution in [-0.2, 0) is 15.6 Å². The third-order valence-corrected chi connectivity index (χ3v) is 2.65. The molecule has 1 atom stereocenters. The minimum absolute atomic E-state index is 0.599. The Kier molecular flexibility index (Phi) is 4.20. The van der Waals surface area contributed by atoms with Crippen molar-refractivity contribution < 1.29 is 14.2 Å². The Bertz CT molecular complexity index is 415. The average Bonchev–Trinajstić information content (AvgIpc) is 2.26. The van der Waals surface area contributed by atoms with Crippen LogP contribution in [-0.4, -0.2) is 21.6 Å². The van der Waals surface area contributed by atoms with E-state index in [0.717, 1.165) is 5.56 Å². The highest BCUT2D eigenvalue weighted by atomic mass is 32.2. The second-order valence-corrected chi connectivity index (χ2v) is 4.22. The lowest BCUT2D eigenvalue weighted by molar-refractivity contribution is -0.124. The van der Waals surface area contributed by atoms with E-state index in [9.17, 15) is 9.00 Å². The molecule has 0 aliphatic rings. The van der Waals surface area contributed by atoms with Crippen molar-refractivity contribution in [3.05, 3.63) is 35.9 Å². The number of nitrogens with one attached hydrogen (secondary N) is 1. The maximum Gasteiger partial charge on any atom is 0.267 e. The maximum absolute atomic E-state index is 11.2. The SMILES string of the molecule is CS(=O)c1cccc(/C=C/C(=O)NO)c1. The van der Waals surface area contributed by atoms with Gasteiger partial charge < -0.3 is 0 Å². The van der Waals surface area contributed by atoms with Crippen molar-refractivity contribution in [3.8, 4) is 0 Å². The van der Waals surface area contributed by atoms with Crippen LogP contribution in [0.5, 0.6) is 0 Å². The molecular weight excluding hydrogens is 214 g/mol. The van der Waals surface area contributed by atoms with Gasteiger partial charge in [-0.2, -0.15) is 0 Å². The fraction of sp³-hybridized carbons (Fsp3) is 0.100. The zero-order valence-electron chi connectivity index (χ0n) is 8.14. The molecule has 15 heavy (non-hydrogen) atoms. The zero-order chi connectivity index (χ0) is 11.3. The molecule has 0 saturated heterocycles. The molecule has 5 heteroatoms. The van der Waals surface area contributed by atoms with Crippen LogP contribution in [0.1, 0.15) is 5.56 Å². The Labute approximate surface area is 90.0 Å². The molecule has 1 aromatic carbocycles. The normalized spacial score (nSPS) is 12.7. The van der Waals surface area contributed by atoms with Gasteiger partial charge in [-0.05, 0) is 23.8 Å². The van der Waals surface area contributed by atoms with Crippen LogP contribution in [0.4, 0.5) is 0 Å². The van der Waals surface area contributed by atoms with E-state index in [2.05, 4.69) is 0 Å². The Balaban J connectivity index is 2.87. The van der Waals surface area contributed by atoms with Crippen LogP contribution >= 0.6 is 0 Å². The van der Waals surface area contributed by atoms with Gasteiger partial charge in [-0.25, -0.2) is 5.48 Å². The number of carbonyl (C=O) groups is 1. The molecule has 1 amide bonds. The second kappa shape index (κ2) is 5.43. The van der Waals surface area contributed by atoms with E-state index < -0.39 is 16.7 Å². The molecule has 0 fully saturated rings. The van der Waals surface area contributed by atoms with E-state index in [-0.39, 0.29) is 0 Å². The fourth-order valence-corrected chi connectivity index (χ4v) is 1.58. The number of benzene rings is 1. The van der Waals surface area contributed by atoms with Gasteiger partial charge in [0.2, 0.25) is 0 Å². The Morgan fingerprint density at radius 1 is 1.53 bits per heavy atom. The molecule has 1 unspecified atom stereocenters. The van der Waals surface area contributed by atoms with E-state index in [1.54, 1.807) is 30.5 Å². The van der Waals surface area contributed by atoms with Crippen molar-refractivity contribution in [2.45, 2.75) is 4.90 Å². The number of amides is 1. The van der Waals surface area contributed by atoms with Crippen molar-refractivity contribution >= 4 is 22.8 Å². The molecule has 1 aromatic rings.